The maximum Gasteiger partial charge on any atom is 0.325 e. The normalized spacial score (nSPS) is 18.3. The number of amides is 5. The van der Waals surface area contributed by atoms with Crippen LogP contribution in [0.2, 0.25) is 10.0 Å². The molecule has 2 aliphatic rings. The van der Waals surface area contributed by atoms with E-state index in [9.17, 15) is 19.2 Å². The quantitative estimate of drug-likeness (QED) is 0.598. The molecule has 2 N–H and O–H groups in total. The molecule has 1 heterocycles. The zero-order valence-electron chi connectivity index (χ0n) is 17.5. The van der Waals surface area contributed by atoms with Gasteiger partial charge in [-0.2, -0.15) is 0 Å². The number of carbonyl (C=O) groups is 4. The summed E-state index contributed by atoms with van der Waals surface area (Å²) >= 11 is 12.0. The van der Waals surface area contributed by atoms with Crippen molar-refractivity contribution >= 4 is 52.6 Å². The van der Waals surface area contributed by atoms with E-state index >= 15 is 0 Å². The maximum atomic E-state index is 13.1. The van der Waals surface area contributed by atoms with E-state index in [1.807, 2.05) is 6.92 Å². The maximum absolute atomic E-state index is 13.1. The van der Waals surface area contributed by atoms with Crippen molar-refractivity contribution in [1.29, 1.82) is 0 Å². The number of urea groups is 1. The van der Waals surface area contributed by atoms with Gasteiger partial charge in [-0.3, -0.25) is 14.4 Å². The summed E-state index contributed by atoms with van der Waals surface area (Å²) in [5.41, 5.74) is -0.505. The minimum atomic E-state index is -1.01. The molecule has 1 atom stereocenters. The van der Waals surface area contributed by atoms with E-state index < -0.39 is 29.4 Å². The van der Waals surface area contributed by atoms with Crippen LogP contribution in [-0.4, -0.2) is 58.2 Å². The number of hydrogen-bond acceptors (Lipinski definition) is 4. The molecule has 1 saturated carbocycles. The summed E-state index contributed by atoms with van der Waals surface area (Å²) in [4.78, 5) is 53.5. The Bertz CT molecular complexity index is 901. The third-order valence-corrected chi connectivity index (χ3v) is 6.29. The molecular formula is C21H26Cl2N4O4. The Morgan fingerprint density at radius 3 is 2.55 bits per heavy atom. The molecule has 3 rings (SSSR count). The Kier molecular flexibility index (Phi) is 7.11. The first-order valence-electron chi connectivity index (χ1n) is 10.4. The fourth-order valence-electron chi connectivity index (χ4n) is 4.18. The van der Waals surface area contributed by atoms with Crippen LogP contribution in [0.25, 0.3) is 0 Å². The summed E-state index contributed by atoms with van der Waals surface area (Å²) in [5.74, 6) is -1.26. The third-order valence-electron chi connectivity index (χ3n) is 5.74. The van der Waals surface area contributed by atoms with E-state index in [1.165, 1.54) is 17.9 Å². The molecule has 1 aliphatic carbocycles. The van der Waals surface area contributed by atoms with Crippen LogP contribution in [0.3, 0.4) is 0 Å². The zero-order valence-corrected chi connectivity index (χ0v) is 19.1. The minimum absolute atomic E-state index is 0.231. The summed E-state index contributed by atoms with van der Waals surface area (Å²) in [7, 11) is 0. The average Bonchev–Trinajstić information content (AvgIpc) is 3.27. The predicted octanol–water partition coefficient (Wildman–Crippen LogP) is 3.42. The number of imide groups is 1. The molecule has 5 amide bonds. The third kappa shape index (κ3) is 4.80. The lowest BCUT2D eigenvalue weighted by molar-refractivity contribution is -0.143. The van der Waals surface area contributed by atoms with E-state index in [0.717, 1.165) is 17.7 Å². The van der Waals surface area contributed by atoms with Gasteiger partial charge in [-0.15, -0.1) is 0 Å². The standard InChI is InChI=1S/C21H26Cl2N4O4/c1-3-10-26(12-17(28)24-16-7-6-14(22)11-15(16)23)18(29)13(2)27-19(30)21(25-20(27)31)8-4-5-9-21/h6-7,11,13H,3-5,8-10,12H2,1-2H3,(H,24,28)(H,25,31). The Balaban J connectivity index is 1.70. The van der Waals surface area contributed by atoms with E-state index in [-0.39, 0.29) is 17.5 Å². The van der Waals surface area contributed by atoms with Crippen molar-refractivity contribution < 1.29 is 19.2 Å². The molecule has 1 aliphatic heterocycles. The van der Waals surface area contributed by atoms with Crippen LogP contribution < -0.4 is 10.6 Å². The predicted molar refractivity (Wildman–Crippen MR) is 118 cm³/mol. The SMILES string of the molecule is CCCN(CC(=O)Nc1ccc(Cl)cc1Cl)C(=O)C(C)N1C(=O)NC2(CCCC2)C1=O. The lowest BCUT2D eigenvalue weighted by atomic mass is 9.97. The molecule has 31 heavy (non-hydrogen) atoms. The second kappa shape index (κ2) is 9.44. The van der Waals surface area contributed by atoms with Crippen molar-refractivity contribution in [3.05, 3.63) is 28.2 Å². The molecule has 10 heteroatoms. The number of hydrogen-bond donors (Lipinski definition) is 2. The molecule has 1 spiro atoms. The second-order valence-corrected chi connectivity index (χ2v) is 8.85. The van der Waals surface area contributed by atoms with Crippen LogP contribution in [0, 0.1) is 0 Å². The molecule has 2 fully saturated rings. The monoisotopic (exact) mass is 468 g/mol. The van der Waals surface area contributed by atoms with Crippen molar-refractivity contribution in [3.8, 4) is 0 Å². The number of benzene rings is 1. The van der Waals surface area contributed by atoms with Crippen LogP contribution >= 0.6 is 23.2 Å². The Morgan fingerprint density at radius 2 is 1.94 bits per heavy atom. The number of rotatable bonds is 7. The van der Waals surface area contributed by atoms with Crippen LogP contribution in [0.15, 0.2) is 18.2 Å². The topological polar surface area (TPSA) is 98.8 Å². The van der Waals surface area contributed by atoms with E-state index in [1.54, 1.807) is 12.1 Å². The molecule has 0 radical (unpaired) electrons. The van der Waals surface area contributed by atoms with Crippen molar-refractivity contribution in [2.45, 2.75) is 57.5 Å². The fraction of sp³-hybridized carbons (Fsp3) is 0.524. The Labute approximate surface area is 191 Å². The summed E-state index contributed by atoms with van der Waals surface area (Å²) in [6.45, 7) is 3.47. The van der Waals surface area contributed by atoms with Gasteiger partial charge < -0.3 is 15.5 Å². The van der Waals surface area contributed by atoms with E-state index in [2.05, 4.69) is 10.6 Å². The van der Waals surface area contributed by atoms with Gasteiger partial charge in [-0.25, -0.2) is 9.69 Å². The fourth-order valence-corrected chi connectivity index (χ4v) is 4.63. The van der Waals surface area contributed by atoms with Gasteiger partial charge in [0.05, 0.1) is 17.3 Å². The van der Waals surface area contributed by atoms with Gasteiger partial charge in [-0.1, -0.05) is 43.0 Å². The highest BCUT2D eigenvalue weighted by molar-refractivity contribution is 6.36. The first kappa shape index (κ1) is 23.3. The number of nitrogens with zero attached hydrogens (tertiary/aromatic N) is 2. The molecule has 1 saturated heterocycles. The van der Waals surface area contributed by atoms with E-state index in [4.69, 9.17) is 23.2 Å². The van der Waals surface area contributed by atoms with Gasteiger partial charge in [-0.05, 0) is 44.4 Å². The summed E-state index contributed by atoms with van der Waals surface area (Å²) in [5, 5.41) is 6.17. The second-order valence-electron chi connectivity index (χ2n) is 8.00. The van der Waals surface area contributed by atoms with Crippen molar-refractivity contribution in [2.75, 3.05) is 18.4 Å². The van der Waals surface area contributed by atoms with Crippen molar-refractivity contribution in [1.82, 2.24) is 15.1 Å². The van der Waals surface area contributed by atoms with Gasteiger partial charge >= 0.3 is 6.03 Å². The van der Waals surface area contributed by atoms with Gasteiger partial charge in [0.1, 0.15) is 11.6 Å². The first-order chi connectivity index (χ1) is 14.7. The summed E-state index contributed by atoms with van der Waals surface area (Å²) < 4.78 is 0. The zero-order chi connectivity index (χ0) is 22.8. The van der Waals surface area contributed by atoms with Gasteiger partial charge in [0.15, 0.2) is 0 Å². The number of carbonyl (C=O) groups excluding carboxylic acids is 4. The molecule has 0 aromatic heterocycles. The van der Waals surface area contributed by atoms with Crippen molar-refractivity contribution in [3.63, 3.8) is 0 Å². The molecule has 1 aromatic rings. The smallest absolute Gasteiger partial charge is 0.325 e. The molecular weight excluding hydrogens is 443 g/mol. The summed E-state index contributed by atoms with van der Waals surface area (Å²) in [6.07, 6.45) is 3.49. The Morgan fingerprint density at radius 1 is 1.26 bits per heavy atom. The van der Waals surface area contributed by atoms with Gasteiger partial charge in [0.2, 0.25) is 11.8 Å². The number of halogens is 2. The van der Waals surface area contributed by atoms with Gasteiger partial charge in [0.25, 0.3) is 5.91 Å². The number of nitrogens with one attached hydrogen (secondary N) is 2. The highest BCUT2D eigenvalue weighted by atomic mass is 35.5. The molecule has 8 nitrogen and oxygen atoms in total. The minimum Gasteiger partial charge on any atom is -0.332 e. The van der Waals surface area contributed by atoms with Crippen molar-refractivity contribution in [2.24, 2.45) is 0 Å². The lowest BCUT2D eigenvalue weighted by Gasteiger charge is -2.29. The van der Waals surface area contributed by atoms with Gasteiger partial charge in [0, 0.05) is 11.6 Å². The van der Waals surface area contributed by atoms with E-state index in [0.29, 0.717) is 36.5 Å². The van der Waals surface area contributed by atoms with Crippen LogP contribution in [0.4, 0.5) is 10.5 Å². The Hall–Kier alpha value is -2.32. The lowest BCUT2D eigenvalue weighted by Crippen LogP contribution is -2.52. The molecule has 1 aromatic carbocycles. The highest BCUT2D eigenvalue weighted by Crippen LogP contribution is 2.36. The molecule has 168 valence electrons. The molecule has 1 unspecified atom stereocenters. The largest absolute Gasteiger partial charge is 0.332 e. The number of anilines is 1. The summed E-state index contributed by atoms with van der Waals surface area (Å²) in [6, 6.07) is 3.11. The van der Waals surface area contributed by atoms with Crippen LogP contribution in [0.1, 0.15) is 46.0 Å². The van der Waals surface area contributed by atoms with Crippen LogP contribution in [0.5, 0.6) is 0 Å². The molecule has 0 bridgehead atoms. The highest BCUT2D eigenvalue weighted by Gasteiger charge is 2.54. The van der Waals surface area contributed by atoms with Crippen LogP contribution in [-0.2, 0) is 14.4 Å². The first-order valence-corrected chi connectivity index (χ1v) is 11.1. The average molecular weight is 469 g/mol.